The largest absolute Gasteiger partial charge is 0.381 e. The highest BCUT2D eigenvalue weighted by molar-refractivity contribution is 7.91. The number of rotatable bonds is 6. The molecule has 1 aliphatic heterocycles. The zero-order valence-corrected chi connectivity index (χ0v) is 13.7. The van der Waals surface area contributed by atoms with Gasteiger partial charge in [0.15, 0.2) is 9.84 Å². The lowest BCUT2D eigenvalue weighted by molar-refractivity contribution is 0.00595. The summed E-state index contributed by atoms with van der Waals surface area (Å²) in [4.78, 5) is 0.408. The molecule has 1 heterocycles. The average molecular weight is 311 g/mol. The van der Waals surface area contributed by atoms with E-state index in [-0.39, 0.29) is 17.9 Å². The molecule has 1 fully saturated rings. The van der Waals surface area contributed by atoms with Crippen LogP contribution in [0.2, 0.25) is 0 Å². The third kappa shape index (κ3) is 4.20. The number of nitrogens with one attached hydrogen (secondary N) is 1. The van der Waals surface area contributed by atoms with E-state index in [2.05, 4.69) is 12.2 Å². The van der Waals surface area contributed by atoms with E-state index in [0.717, 1.165) is 38.0 Å². The van der Waals surface area contributed by atoms with Crippen LogP contribution in [-0.4, -0.2) is 32.9 Å². The Morgan fingerprint density at radius 2 is 2.05 bits per heavy atom. The average Bonchev–Trinajstić information content (AvgIpc) is 2.48. The summed E-state index contributed by atoms with van der Waals surface area (Å²) in [5.74, 6) is 0.123. The molecule has 0 amide bonds. The predicted octanol–water partition coefficient (Wildman–Crippen LogP) is 3.24. The Morgan fingerprint density at radius 3 is 2.76 bits per heavy atom. The molecule has 1 aromatic carbocycles. The van der Waals surface area contributed by atoms with Crippen molar-refractivity contribution in [2.45, 2.75) is 56.6 Å². The van der Waals surface area contributed by atoms with Crippen molar-refractivity contribution in [3.05, 3.63) is 24.3 Å². The van der Waals surface area contributed by atoms with Crippen LogP contribution in [0.3, 0.4) is 0 Å². The van der Waals surface area contributed by atoms with E-state index in [0.29, 0.717) is 4.90 Å². The van der Waals surface area contributed by atoms with Crippen LogP contribution in [0.25, 0.3) is 0 Å². The second-order valence-electron chi connectivity index (χ2n) is 5.55. The summed E-state index contributed by atoms with van der Waals surface area (Å²) in [5, 5.41) is 3.42. The lowest BCUT2D eigenvalue weighted by atomic mass is 10.00. The molecule has 1 saturated heterocycles. The first kappa shape index (κ1) is 16.3. The monoisotopic (exact) mass is 311 g/mol. The van der Waals surface area contributed by atoms with Gasteiger partial charge in [0.1, 0.15) is 0 Å². The SMILES string of the molecule is CCCC1CC(Nc2ccccc2S(=O)(=O)CC)CCO1. The highest BCUT2D eigenvalue weighted by atomic mass is 32.2. The second kappa shape index (κ2) is 7.27. The van der Waals surface area contributed by atoms with Crippen LogP contribution in [0.15, 0.2) is 29.2 Å². The molecule has 1 N–H and O–H groups in total. The quantitative estimate of drug-likeness (QED) is 0.876. The van der Waals surface area contributed by atoms with Gasteiger partial charge in [-0.25, -0.2) is 8.42 Å². The Labute approximate surface area is 127 Å². The van der Waals surface area contributed by atoms with Gasteiger partial charge >= 0.3 is 0 Å². The summed E-state index contributed by atoms with van der Waals surface area (Å²) in [6.45, 7) is 4.58. The summed E-state index contributed by atoms with van der Waals surface area (Å²) < 4.78 is 30.1. The molecule has 0 spiro atoms. The molecule has 2 rings (SSSR count). The van der Waals surface area contributed by atoms with Gasteiger partial charge in [-0.15, -0.1) is 0 Å². The first-order chi connectivity index (χ1) is 10.1. The molecule has 21 heavy (non-hydrogen) atoms. The van der Waals surface area contributed by atoms with E-state index in [9.17, 15) is 8.42 Å². The van der Waals surface area contributed by atoms with E-state index in [1.54, 1.807) is 19.1 Å². The van der Waals surface area contributed by atoms with Crippen molar-refractivity contribution in [1.82, 2.24) is 0 Å². The van der Waals surface area contributed by atoms with E-state index in [1.165, 1.54) is 0 Å². The standard InChI is InChI=1S/C16H25NO3S/c1-3-7-14-12-13(10-11-20-14)17-15-8-5-6-9-16(15)21(18,19)4-2/h5-6,8-9,13-14,17H,3-4,7,10-12H2,1-2H3. The van der Waals surface area contributed by atoms with Crippen LogP contribution in [0.4, 0.5) is 5.69 Å². The smallest absolute Gasteiger partial charge is 0.180 e. The summed E-state index contributed by atoms with van der Waals surface area (Å²) >= 11 is 0. The first-order valence-corrected chi connectivity index (χ1v) is 9.42. The number of sulfone groups is 1. The third-order valence-electron chi connectivity index (χ3n) is 3.94. The third-order valence-corrected chi connectivity index (χ3v) is 5.73. The van der Waals surface area contributed by atoms with Crippen molar-refractivity contribution in [2.75, 3.05) is 17.7 Å². The normalized spacial score (nSPS) is 23.0. The van der Waals surface area contributed by atoms with Gasteiger partial charge in [0.2, 0.25) is 0 Å². The Kier molecular flexibility index (Phi) is 5.65. The molecule has 4 nitrogen and oxygen atoms in total. The predicted molar refractivity (Wildman–Crippen MR) is 85.5 cm³/mol. The van der Waals surface area contributed by atoms with Gasteiger partial charge in [-0.05, 0) is 31.4 Å². The lowest BCUT2D eigenvalue weighted by Crippen LogP contribution is -2.34. The molecule has 0 radical (unpaired) electrons. The molecule has 2 unspecified atom stereocenters. The van der Waals surface area contributed by atoms with Gasteiger partial charge in [0, 0.05) is 12.6 Å². The van der Waals surface area contributed by atoms with Gasteiger partial charge in [0.05, 0.1) is 22.4 Å². The number of hydrogen-bond donors (Lipinski definition) is 1. The fourth-order valence-corrected chi connectivity index (χ4v) is 3.83. The number of para-hydroxylation sites is 1. The molecule has 0 bridgehead atoms. The van der Waals surface area contributed by atoms with Gasteiger partial charge in [-0.1, -0.05) is 32.4 Å². The van der Waals surface area contributed by atoms with Crippen molar-refractivity contribution in [2.24, 2.45) is 0 Å². The van der Waals surface area contributed by atoms with Crippen molar-refractivity contribution in [3.8, 4) is 0 Å². The van der Waals surface area contributed by atoms with Crippen LogP contribution in [0, 0.1) is 0 Å². The Balaban J connectivity index is 2.13. The maximum Gasteiger partial charge on any atom is 0.180 e. The summed E-state index contributed by atoms with van der Waals surface area (Å²) in [6.07, 6.45) is 4.32. The number of anilines is 1. The van der Waals surface area contributed by atoms with E-state index in [1.807, 2.05) is 12.1 Å². The van der Waals surface area contributed by atoms with Crippen LogP contribution in [0.1, 0.15) is 39.5 Å². The molecule has 0 saturated carbocycles. The van der Waals surface area contributed by atoms with Crippen molar-refractivity contribution in [1.29, 1.82) is 0 Å². The van der Waals surface area contributed by atoms with E-state index >= 15 is 0 Å². The van der Waals surface area contributed by atoms with Crippen LogP contribution >= 0.6 is 0 Å². The molecule has 118 valence electrons. The van der Waals surface area contributed by atoms with E-state index < -0.39 is 9.84 Å². The van der Waals surface area contributed by atoms with Crippen LogP contribution in [0.5, 0.6) is 0 Å². The fraction of sp³-hybridized carbons (Fsp3) is 0.625. The lowest BCUT2D eigenvalue weighted by Gasteiger charge is -2.31. The van der Waals surface area contributed by atoms with Crippen LogP contribution in [-0.2, 0) is 14.6 Å². The molecule has 5 heteroatoms. The van der Waals surface area contributed by atoms with Crippen molar-refractivity contribution >= 4 is 15.5 Å². The van der Waals surface area contributed by atoms with Gasteiger partial charge in [0.25, 0.3) is 0 Å². The highest BCUT2D eigenvalue weighted by Gasteiger charge is 2.24. The molecule has 2 atom stereocenters. The zero-order chi connectivity index (χ0) is 15.3. The fourth-order valence-electron chi connectivity index (χ4n) is 2.77. The topological polar surface area (TPSA) is 55.4 Å². The summed E-state index contributed by atoms with van der Waals surface area (Å²) in [7, 11) is -3.20. The van der Waals surface area contributed by atoms with Gasteiger partial charge in [-0.3, -0.25) is 0 Å². The zero-order valence-electron chi connectivity index (χ0n) is 12.8. The minimum Gasteiger partial charge on any atom is -0.381 e. The first-order valence-electron chi connectivity index (χ1n) is 7.76. The summed E-state index contributed by atoms with van der Waals surface area (Å²) in [5.41, 5.74) is 0.724. The molecular weight excluding hydrogens is 286 g/mol. The number of benzene rings is 1. The van der Waals surface area contributed by atoms with E-state index in [4.69, 9.17) is 4.74 Å². The maximum atomic E-state index is 12.2. The Bertz CT molecular complexity index is 554. The highest BCUT2D eigenvalue weighted by Crippen LogP contribution is 2.26. The Morgan fingerprint density at radius 1 is 1.29 bits per heavy atom. The number of ether oxygens (including phenoxy) is 1. The molecule has 1 aliphatic rings. The maximum absolute atomic E-state index is 12.2. The van der Waals surface area contributed by atoms with Gasteiger partial charge < -0.3 is 10.1 Å². The molecule has 1 aromatic rings. The molecule has 0 aliphatic carbocycles. The molecule has 0 aromatic heterocycles. The van der Waals surface area contributed by atoms with Crippen molar-refractivity contribution in [3.63, 3.8) is 0 Å². The second-order valence-corrected chi connectivity index (χ2v) is 7.79. The molecular formula is C16H25NO3S. The van der Waals surface area contributed by atoms with Gasteiger partial charge in [-0.2, -0.15) is 0 Å². The van der Waals surface area contributed by atoms with Crippen molar-refractivity contribution < 1.29 is 13.2 Å². The summed E-state index contributed by atoms with van der Waals surface area (Å²) in [6, 6.07) is 7.47. The Hall–Kier alpha value is -1.07. The number of hydrogen-bond acceptors (Lipinski definition) is 4. The minimum atomic E-state index is -3.20. The minimum absolute atomic E-state index is 0.123. The van der Waals surface area contributed by atoms with Crippen LogP contribution < -0.4 is 5.32 Å².